The summed E-state index contributed by atoms with van der Waals surface area (Å²) in [5.41, 5.74) is 6.65. The van der Waals surface area contributed by atoms with Crippen molar-refractivity contribution in [2.24, 2.45) is 5.41 Å². The minimum absolute atomic E-state index is 0.323. The summed E-state index contributed by atoms with van der Waals surface area (Å²) in [6.45, 7) is 5.57. The molecule has 0 bridgehead atoms. The largest absolute Gasteiger partial charge is 0.455 e. The lowest BCUT2D eigenvalue weighted by Gasteiger charge is -2.17. The monoisotopic (exact) mass is 495 g/mol. The third kappa shape index (κ3) is 4.33. The van der Waals surface area contributed by atoms with Crippen LogP contribution in [0.1, 0.15) is 34.8 Å². The summed E-state index contributed by atoms with van der Waals surface area (Å²) in [5.74, 6) is 0. The van der Waals surface area contributed by atoms with Crippen molar-refractivity contribution in [2.45, 2.75) is 27.1 Å². The molecule has 0 spiro atoms. The van der Waals surface area contributed by atoms with Crippen molar-refractivity contribution in [1.29, 1.82) is 5.26 Å². The minimum atomic E-state index is -1.66. The van der Waals surface area contributed by atoms with Crippen LogP contribution in [0.2, 0.25) is 0 Å². The molecule has 4 nitrogen and oxygen atoms in total. The van der Waals surface area contributed by atoms with E-state index in [0.29, 0.717) is 28.1 Å². The topological polar surface area (TPSA) is 62.7 Å². The van der Waals surface area contributed by atoms with E-state index in [0.717, 1.165) is 38.6 Å². The van der Waals surface area contributed by atoms with E-state index >= 15 is 0 Å². The number of benzene rings is 4. The van der Waals surface area contributed by atoms with Crippen LogP contribution < -0.4 is 0 Å². The fourth-order valence-electron chi connectivity index (χ4n) is 4.86. The van der Waals surface area contributed by atoms with E-state index in [1.54, 1.807) is 6.07 Å². The average molecular weight is 496 g/mol. The van der Waals surface area contributed by atoms with Crippen LogP contribution in [0.15, 0.2) is 102 Å². The summed E-state index contributed by atoms with van der Waals surface area (Å²) in [7, 11) is 0. The molecule has 0 aliphatic carbocycles. The predicted molar refractivity (Wildman–Crippen MR) is 153 cm³/mol. The first-order chi connectivity index (χ1) is 19.2. The highest BCUT2D eigenvalue weighted by Crippen LogP contribution is 2.41. The molecule has 4 heteroatoms. The van der Waals surface area contributed by atoms with Gasteiger partial charge < -0.3 is 4.42 Å². The number of aromatic nitrogens is 2. The first kappa shape index (κ1) is 21.3. The Balaban J connectivity index is 1.53. The summed E-state index contributed by atoms with van der Waals surface area (Å²) < 4.78 is 23.9. The Morgan fingerprint density at radius 3 is 2.24 bits per heavy atom. The first-order valence-corrected chi connectivity index (χ1v) is 12.6. The van der Waals surface area contributed by atoms with Crippen LogP contribution in [0, 0.1) is 16.7 Å². The van der Waals surface area contributed by atoms with Crippen molar-refractivity contribution >= 4 is 21.9 Å². The van der Waals surface area contributed by atoms with Gasteiger partial charge in [-0.05, 0) is 52.7 Å². The van der Waals surface area contributed by atoms with Crippen LogP contribution in [0.25, 0.3) is 55.4 Å². The van der Waals surface area contributed by atoms with Crippen molar-refractivity contribution in [3.05, 3.63) is 109 Å². The predicted octanol–water partition coefficient (Wildman–Crippen LogP) is 8.84. The smallest absolute Gasteiger partial charge is 0.144 e. The highest BCUT2D eigenvalue weighted by Gasteiger charge is 2.20. The zero-order chi connectivity index (χ0) is 28.1. The summed E-state index contributed by atoms with van der Waals surface area (Å²) in [5, 5.41) is 11.8. The normalized spacial score (nSPS) is 12.8. The number of nitriles is 1. The van der Waals surface area contributed by atoms with Crippen LogP contribution in [0.4, 0.5) is 0 Å². The van der Waals surface area contributed by atoms with E-state index in [2.05, 4.69) is 40.3 Å². The molecule has 0 aliphatic heterocycles. The van der Waals surface area contributed by atoms with Crippen molar-refractivity contribution in [1.82, 2.24) is 9.97 Å². The van der Waals surface area contributed by atoms with Gasteiger partial charge in [-0.2, -0.15) is 5.26 Å². The Morgan fingerprint density at radius 1 is 0.789 bits per heavy atom. The number of fused-ring (bicyclic) bond motifs is 3. The molecule has 0 aliphatic rings. The number of furan rings is 1. The van der Waals surface area contributed by atoms with Crippen molar-refractivity contribution < 1.29 is 7.16 Å². The molecule has 0 N–H and O–H groups in total. The molecule has 0 saturated heterocycles. The molecule has 0 unspecified atom stereocenters. The second-order valence-electron chi connectivity index (χ2n) is 10.4. The van der Waals surface area contributed by atoms with Crippen molar-refractivity contribution in [3.8, 4) is 39.6 Å². The molecule has 184 valence electrons. The van der Waals surface area contributed by atoms with Crippen molar-refractivity contribution in [2.75, 3.05) is 0 Å². The maximum absolute atomic E-state index is 10.0. The van der Waals surface area contributed by atoms with Gasteiger partial charge in [0.25, 0.3) is 0 Å². The fourth-order valence-corrected chi connectivity index (χ4v) is 4.86. The van der Waals surface area contributed by atoms with Gasteiger partial charge in [-0.1, -0.05) is 87.5 Å². The van der Waals surface area contributed by atoms with Crippen LogP contribution in [0.5, 0.6) is 0 Å². The second kappa shape index (κ2) is 9.28. The Labute approximate surface area is 225 Å². The summed E-state index contributed by atoms with van der Waals surface area (Å²) >= 11 is 0. The third-order valence-electron chi connectivity index (χ3n) is 6.51. The Hall–Kier alpha value is -4.75. The molecule has 0 saturated carbocycles. The minimum Gasteiger partial charge on any atom is -0.455 e. The highest BCUT2D eigenvalue weighted by atomic mass is 16.3. The van der Waals surface area contributed by atoms with Gasteiger partial charge >= 0.3 is 0 Å². The zero-order valence-corrected chi connectivity index (χ0v) is 21.5. The molecular formula is C34H27N3O. The van der Waals surface area contributed by atoms with Crippen LogP contribution >= 0.6 is 0 Å². The van der Waals surface area contributed by atoms with Gasteiger partial charge in [0.05, 0.1) is 17.3 Å². The van der Waals surface area contributed by atoms with Gasteiger partial charge in [-0.3, -0.25) is 0 Å². The molecule has 0 fully saturated rings. The highest BCUT2D eigenvalue weighted by molar-refractivity contribution is 6.13. The lowest BCUT2D eigenvalue weighted by atomic mass is 9.90. The molecule has 2 aromatic heterocycles. The maximum atomic E-state index is 10.0. The van der Waals surface area contributed by atoms with Gasteiger partial charge in [0.15, 0.2) is 0 Å². The molecule has 0 amide bonds. The SMILES string of the molecule is [2H]C([2H])(c1cc(-c2cccc3c2oc2c(-c4ccc(-c5ccccc5)cc4)c(C#N)ccc23)ncn1)C(C)(C)C. The maximum Gasteiger partial charge on any atom is 0.144 e. The van der Waals surface area contributed by atoms with Crippen molar-refractivity contribution in [3.63, 3.8) is 0 Å². The number of hydrogen-bond acceptors (Lipinski definition) is 4. The van der Waals surface area contributed by atoms with Gasteiger partial charge in [0, 0.05) is 30.3 Å². The molecule has 4 aromatic carbocycles. The van der Waals surface area contributed by atoms with Crippen LogP contribution in [-0.2, 0) is 6.37 Å². The first-order valence-electron chi connectivity index (χ1n) is 13.6. The van der Waals surface area contributed by atoms with E-state index in [-0.39, 0.29) is 0 Å². The van der Waals surface area contributed by atoms with E-state index in [4.69, 9.17) is 7.16 Å². The summed E-state index contributed by atoms with van der Waals surface area (Å²) in [4.78, 5) is 8.77. The molecule has 2 heterocycles. The standard InChI is InChI=1S/C34H27N3O/c1-34(2,3)19-26-18-30(37-21-36-26)29-11-7-10-27-28-17-16-25(20-35)31(33(28)38-32(27)29)24-14-12-23(13-15-24)22-8-5-4-6-9-22/h4-18,21H,19H2,1-3H3/i19D2. The van der Waals surface area contributed by atoms with E-state index < -0.39 is 11.8 Å². The quantitative estimate of drug-likeness (QED) is 0.245. The molecule has 6 aromatic rings. The van der Waals surface area contributed by atoms with Gasteiger partial charge in [-0.15, -0.1) is 0 Å². The molecule has 6 rings (SSSR count). The lowest BCUT2D eigenvalue weighted by molar-refractivity contribution is 0.406. The second-order valence-corrected chi connectivity index (χ2v) is 10.4. The Bertz CT molecular complexity index is 1910. The number of para-hydroxylation sites is 1. The Morgan fingerprint density at radius 2 is 1.50 bits per heavy atom. The van der Waals surface area contributed by atoms with Gasteiger partial charge in [0.2, 0.25) is 0 Å². The zero-order valence-electron chi connectivity index (χ0n) is 23.5. The fraction of sp³-hybridized carbons (Fsp3) is 0.147. The average Bonchev–Trinajstić information content (AvgIpc) is 3.35. The summed E-state index contributed by atoms with van der Waals surface area (Å²) in [6.07, 6.45) is -0.253. The molecular weight excluding hydrogens is 466 g/mol. The van der Waals surface area contributed by atoms with E-state index in [9.17, 15) is 5.26 Å². The molecule has 38 heavy (non-hydrogen) atoms. The lowest BCUT2D eigenvalue weighted by Crippen LogP contribution is -2.10. The van der Waals surface area contributed by atoms with Gasteiger partial charge in [0.1, 0.15) is 17.5 Å². The molecule has 0 radical (unpaired) electrons. The van der Waals surface area contributed by atoms with E-state index in [1.165, 1.54) is 6.33 Å². The number of hydrogen-bond donors (Lipinski definition) is 0. The molecule has 0 atom stereocenters. The van der Waals surface area contributed by atoms with Crippen LogP contribution in [-0.4, -0.2) is 9.97 Å². The third-order valence-corrected chi connectivity index (χ3v) is 6.51. The van der Waals surface area contributed by atoms with Crippen LogP contribution in [0.3, 0.4) is 0 Å². The van der Waals surface area contributed by atoms with Gasteiger partial charge in [-0.25, -0.2) is 9.97 Å². The van der Waals surface area contributed by atoms with E-state index in [1.807, 2.05) is 81.4 Å². The number of rotatable bonds is 4. The summed E-state index contributed by atoms with van der Waals surface area (Å²) in [6, 6.07) is 32.0. The Kier molecular flexibility index (Phi) is 5.21. The number of nitrogens with zero attached hydrogens (tertiary/aromatic N) is 3.